The first kappa shape index (κ1) is 21.1. The number of rotatable bonds is 7. The van der Waals surface area contributed by atoms with Gasteiger partial charge in [0.25, 0.3) is 5.91 Å². The number of methoxy groups -OCH3 is 1. The van der Waals surface area contributed by atoms with E-state index in [0.717, 1.165) is 0 Å². The van der Waals surface area contributed by atoms with E-state index in [-0.39, 0.29) is 35.3 Å². The lowest BCUT2D eigenvalue weighted by Gasteiger charge is -2.26. The number of carbonyl (C=O) groups is 2. The van der Waals surface area contributed by atoms with Crippen molar-refractivity contribution in [2.24, 2.45) is 0 Å². The Bertz CT molecular complexity index is 786. The molecule has 0 bridgehead atoms. The van der Waals surface area contributed by atoms with Crippen LogP contribution in [0.5, 0.6) is 5.75 Å². The van der Waals surface area contributed by atoms with Gasteiger partial charge >= 0.3 is 5.97 Å². The fraction of sp³-hybridized carbons (Fsp3) is 0.529. The van der Waals surface area contributed by atoms with Crippen LogP contribution in [0.3, 0.4) is 0 Å². The number of benzene rings is 1. The summed E-state index contributed by atoms with van der Waals surface area (Å²) in [4.78, 5) is 23.7. The van der Waals surface area contributed by atoms with Crippen molar-refractivity contribution in [1.29, 1.82) is 0 Å². The van der Waals surface area contributed by atoms with Gasteiger partial charge < -0.3 is 19.5 Å². The number of amides is 1. The SMILES string of the molecule is COc1ccc(C(=O)OCC(=O)NC(C)C)cc1S(=O)(=O)N1CCOCC1. The van der Waals surface area contributed by atoms with Crippen LogP contribution in [0.4, 0.5) is 0 Å². The highest BCUT2D eigenvalue weighted by Gasteiger charge is 2.30. The molecule has 27 heavy (non-hydrogen) atoms. The van der Waals surface area contributed by atoms with E-state index in [9.17, 15) is 18.0 Å². The molecule has 1 heterocycles. The molecule has 1 saturated heterocycles. The predicted octanol–water partition coefficient (Wildman–Crippen LogP) is 0.398. The number of esters is 1. The molecule has 0 aromatic heterocycles. The molecule has 1 fully saturated rings. The molecule has 9 nitrogen and oxygen atoms in total. The van der Waals surface area contributed by atoms with Crippen molar-refractivity contribution in [3.05, 3.63) is 23.8 Å². The second-order valence-electron chi connectivity index (χ2n) is 6.18. The third-order valence-electron chi connectivity index (χ3n) is 3.77. The molecule has 1 amide bonds. The number of sulfonamides is 1. The van der Waals surface area contributed by atoms with Crippen LogP contribution in [0.15, 0.2) is 23.1 Å². The summed E-state index contributed by atoms with van der Waals surface area (Å²) in [6.07, 6.45) is 0. The van der Waals surface area contributed by atoms with Gasteiger partial charge in [-0.25, -0.2) is 13.2 Å². The second kappa shape index (κ2) is 9.16. The van der Waals surface area contributed by atoms with Crippen molar-refractivity contribution in [1.82, 2.24) is 9.62 Å². The first-order chi connectivity index (χ1) is 12.8. The van der Waals surface area contributed by atoms with E-state index in [0.29, 0.717) is 13.2 Å². The average Bonchev–Trinajstić information content (AvgIpc) is 2.65. The lowest BCUT2D eigenvalue weighted by molar-refractivity contribution is -0.124. The molecule has 1 aromatic rings. The van der Waals surface area contributed by atoms with Gasteiger partial charge in [-0.05, 0) is 32.0 Å². The zero-order chi connectivity index (χ0) is 20.0. The fourth-order valence-corrected chi connectivity index (χ4v) is 4.10. The van der Waals surface area contributed by atoms with Gasteiger partial charge in [-0.3, -0.25) is 4.79 Å². The molecule has 0 atom stereocenters. The highest BCUT2D eigenvalue weighted by molar-refractivity contribution is 7.89. The highest BCUT2D eigenvalue weighted by atomic mass is 32.2. The maximum absolute atomic E-state index is 12.9. The van der Waals surface area contributed by atoms with Crippen molar-refractivity contribution in [3.63, 3.8) is 0 Å². The van der Waals surface area contributed by atoms with Crippen molar-refractivity contribution in [2.45, 2.75) is 24.8 Å². The van der Waals surface area contributed by atoms with Crippen LogP contribution >= 0.6 is 0 Å². The second-order valence-corrected chi connectivity index (χ2v) is 8.09. The van der Waals surface area contributed by atoms with E-state index in [1.807, 2.05) is 0 Å². The first-order valence-electron chi connectivity index (χ1n) is 8.48. The number of hydrogen-bond donors (Lipinski definition) is 1. The minimum absolute atomic E-state index is 0.0139. The molecule has 0 unspecified atom stereocenters. The van der Waals surface area contributed by atoms with Crippen LogP contribution in [0.1, 0.15) is 24.2 Å². The molecule has 0 aliphatic carbocycles. The number of hydrogen-bond acceptors (Lipinski definition) is 7. The normalized spacial score (nSPS) is 15.4. The largest absolute Gasteiger partial charge is 0.495 e. The maximum Gasteiger partial charge on any atom is 0.338 e. The van der Waals surface area contributed by atoms with Crippen LogP contribution in [0.2, 0.25) is 0 Å². The Balaban J connectivity index is 2.21. The molecule has 0 saturated carbocycles. The molecule has 0 spiro atoms. The zero-order valence-electron chi connectivity index (χ0n) is 15.6. The first-order valence-corrected chi connectivity index (χ1v) is 9.92. The van der Waals surface area contributed by atoms with Gasteiger partial charge in [0, 0.05) is 19.1 Å². The van der Waals surface area contributed by atoms with Crippen LogP contribution in [0.25, 0.3) is 0 Å². The summed E-state index contributed by atoms with van der Waals surface area (Å²) >= 11 is 0. The van der Waals surface area contributed by atoms with Crippen LogP contribution in [0, 0.1) is 0 Å². The number of carbonyl (C=O) groups excluding carboxylic acids is 2. The Morgan fingerprint density at radius 1 is 1.26 bits per heavy atom. The predicted molar refractivity (Wildman–Crippen MR) is 96.1 cm³/mol. The summed E-state index contributed by atoms with van der Waals surface area (Å²) in [7, 11) is -2.52. The molecule has 1 aliphatic rings. The lowest BCUT2D eigenvalue weighted by Crippen LogP contribution is -2.40. The Labute approximate surface area is 158 Å². The van der Waals surface area contributed by atoms with Crippen LogP contribution in [-0.4, -0.2) is 70.7 Å². The van der Waals surface area contributed by atoms with Gasteiger partial charge in [0.1, 0.15) is 10.6 Å². The molecule has 0 radical (unpaired) electrons. The molecule has 10 heteroatoms. The molecule has 150 valence electrons. The van der Waals surface area contributed by atoms with E-state index >= 15 is 0 Å². The highest BCUT2D eigenvalue weighted by Crippen LogP contribution is 2.28. The van der Waals surface area contributed by atoms with Crippen molar-refractivity contribution in [3.8, 4) is 5.75 Å². The maximum atomic E-state index is 12.9. The molecule has 1 aliphatic heterocycles. The van der Waals surface area contributed by atoms with E-state index in [1.165, 1.54) is 29.6 Å². The van der Waals surface area contributed by atoms with Crippen LogP contribution in [-0.2, 0) is 24.3 Å². The van der Waals surface area contributed by atoms with Gasteiger partial charge in [-0.2, -0.15) is 4.31 Å². The summed E-state index contributed by atoms with van der Waals surface area (Å²) in [5, 5.41) is 2.60. The molecule has 1 aromatic carbocycles. The van der Waals surface area contributed by atoms with Crippen molar-refractivity contribution in [2.75, 3.05) is 40.0 Å². The zero-order valence-corrected chi connectivity index (χ0v) is 16.4. The summed E-state index contributed by atoms with van der Waals surface area (Å²) < 4.78 is 42.4. The van der Waals surface area contributed by atoms with Gasteiger partial charge in [-0.1, -0.05) is 0 Å². The van der Waals surface area contributed by atoms with Crippen molar-refractivity contribution >= 4 is 21.9 Å². The summed E-state index contributed by atoms with van der Waals surface area (Å²) in [5.41, 5.74) is 0.0139. The molecular weight excluding hydrogens is 376 g/mol. The van der Waals surface area contributed by atoms with E-state index in [2.05, 4.69) is 5.32 Å². The smallest absolute Gasteiger partial charge is 0.338 e. The Morgan fingerprint density at radius 2 is 1.93 bits per heavy atom. The topological polar surface area (TPSA) is 111 Å². The Kier molecular flexibility index (Phi) is 7.17. The summed E-state index contributed by atoms with van der Waals surface area (Å²) in [6, 6.07) is 3.90. The van der Waals surface area contributed by atoms with Gasteiger partial charge in [0.05, 0.1) is 25.9 Å². The molecular formula is C17H24N2O7S. The minimum atomic E-state index is -3.87. The van der Waals surface area contributed by atoms with Gasteiger partial charge in [-0.15, -0.1) is 0 Å². The summed E-state index contributed by atoms with van der Waals surface area (Å²) in [5.74, 6) is -1.11. The quantitative estimate of drug-likeness (QED) is 0.659. The fourth-order valence-electron chi connectivity index (χ4n) is 2.51. The Morgan fingerprint density at radius 3 is 2.52 bits per heavy atom. The van der Waals surface area contributed by atoms with Gasteiger partial charge in [0.2, 0.25) is 10.0 Å². The minimum Gasteiger partial charge on any atom is -0.495 e. The molecule has 2 rings (SSSR count). The van der Waals surface area contributed by atoms with E-state index in [4.69, 9.17) is 14.2 Å². The number of morpholine rings is 1. The number of ether oxygens (including phenoxy) is 3. The number of nitrogens with zero attached hydrogens (tertiary/aromatic N) is 1. The third kappa shape index (κ3) is 5.41. The van der Waals surface area contributed by atoms with Crippen LogP contribution < -0.4 is 10.1 Å². The number of nitrogens with one attached hydrogen (secondary N) is 1. The van der Waals surface area contributed by atoms with E-state index < -0.39 is 28.5 Å². The average molecular weight is 400 g/mol. The van der Waals surface area contributed by atoms with E-state index in [1.54, 1.807) is 13.8 Å². The third-order valence-corrected chi connectivity index (χ3v) is 5.69. The van der Waals surface area contributed by atoms with Gasteiger partial charge in [0.15, 0.2) is 6.61 Å². The lowest BCUT2D eigenvalue weighted by atomic mass is 10.2. The Hall–Kier alpha value is -2.17. The van der Waals surface area contributed by atoms with Crippen molar-refractivity contribution < 1.29 is 32.2 Å². The monoisotopic (exact) mass is 400 g/mol. The molecule has 1 N–H and O–H groups in total. The standard InChI is InChI=1S/C17H24N2O7S/c1-12(2)18-16(20)11-26-17(21)13-4-5-14(24-3)15(10-13)27(22,23)19-6-8-25-9-7-19/h4-5,10,12H,6-9,11H2,1-3H3,(H,18,20). The summed E-state index contributed by atoms with van der Waals surface area (Å²) in [6.45, 7) is 4.15.